The summed E-state index contributed by atoms with van der Waals surface area (Å²) in [6.07, 6.45) is 1.77. The van der Waals surface area contributed by atoms with E-state index in [4.69, 9.17) is 33.3 Å². The van der Waals surface area contributed by atoms with Gasteiger partial charge in [-0.05, 0) is 47.5 Å². The maximum atomic E-state index is 12.9. The molecule has 1 N–H and O–H groups in total. The molecule has 1 saturated heterocycles. The van der Waals surface area contributed by atoms with Crippen molar-refractivity contribution in [1.82, 2.24) is 4.90 Å². The molecule has 0 unspecified atom stereocenters. The summed E-state index contributed by atoms with van der Waals surface area (Å²) in [6.45, 7) is 0.219. The van der Waals surface area contributed by atoms with Crippen molar-refractivity contribution in [2.24, 2.45) is 0 Å². The van der Waals surface area contributed by atoms with E-state index < -0.39 is 0 Å². The van der Waals surface area contributed by atoms with Crippen LogP contribution in [0.25, 0.3) is 6.08 Å². The molecular formula is C26H21ClN2O4S2. The van der Waals surface area contributed by atoms with Crippen LogP contribution in [-0.2, 0) is 16.1 Å². The molecule has 6 nitrogen and oxygen atoms in total. The van der Waals surface area contributed by atoms with Crippen LogP contribution in [0.5, 0.6) is 11.5 Å². The fourth-order valence-electron chi connectivity index (χ4n) is 3.35. The lowest BCUT2D eigenvalue weighted by atomic mass is 10.1. The molecule has 0 atom stereocenters. The summed E-state index contributed by atoms with van der Waals surface area (Å²) in [7, 11) is 1.51. The number of carbonyl (C=O) groups is 2. The van der Waals surface area contributed by atoms with Crippen molar-refractivity contribution in [3.8, 4) is 11.5 Å². The zero-order valence-electron chi connectivity index (χ0n) is 18.7. The first-order valence-corrected chi connectivity index (χ1v) is 12.2. The number of amides is 2. The number of methoxy groups -OCH3 is 1. The molecule has 1 aliphatic rings. The molecule has 0 aliphatic carbocycles. The largest absolute Gasteiger partial charge is 0.493 e. The van der Waals surface area contributed by atoms with Gasteiger partial charge in [-0.3, -0.25) is 14.5 Å². The Bertz CT molecular complexity index is 1300. The molecule has 0 bridgehead atoms. The molecule has 4 rings (SSSR count). The van der Waals surface area contributed by atoms with E-state index in [1.54, 1.807) is 53.4 Å². The normalized spacial score (nSPS) is 14.3. The molecule has 0 saturated carbocycles. The SMILES string of the molecule is COc1cc(/C=C2\SC(=S)N(Cc3ccccc3)C2=O)ccc1OCC(=O)Nc1cccc(Cl)c1. The molecule has 0 aromatic heterocycles. The van der Waals surface area contributed by atoms with Crippen molar-refractivity contribution < 1.29 is 19.1 Å². The third-order valence-electron chi connectivity index (χ3n) is 5.01. The van der Waals surface area contributed by atoms with Crippen molar-refractivity contribution in [2.75, 3.05) is 19.0 Å². The summed E-state index contributed by atoms with van der Waals surface area (Å²) in [6, 6.07) is 21.8. The number of hydrogen-bond acceptors (Lipinski definition) is 6. The Kier molecular flexibility index (Phi) is 8.07. The van der Waals surface area contributed by atoms with Gasteiger partial charge in [-0.1, -0.05) is 78.0 Å². The van der Waals surface area contributed by atoms with Gasteiger partial charge in [-0.2, -0.15) is 0 Å². The lowest BCUT2D eigenvalue weighted by molar-refractivity contribution is -0.122. The first-order chi connectivity index (χ1) is 16.9. The topological polar surface area (TPSA) is 67.9 Å². The van der Waals surface area contributed by atoms with E-state index >= 15 is 0 Å². The van der Waals surface area contributed by atoms with Crippen LogP contribution in [0.4, 0.5) is 5.69 Å². The minimum atomic E-state index is -0.333. The lowest BCUT2D eigenvalue weighted by Gasteiger charge is -2.14. The molecule has 0 spiro atoms. The number of nitrogens with one attached hydrogen (secondary N) is 1. The van der Waals surface area contributed by atoms with Gasteiger partial charge in [0.15, 0.2) is 18.1 Å². The monoisotopic (exact) mass is 524 g/mol. The highest BCUT2D eigenvalue weighted by atomic mass is 35.5. The summed E-state index contributed by atoms with van der Waals surface area (Å²) >= 11 is 12.6. The molecule has 178 valence electrons. The second kappa shape index (κ2) is 11.4. The molecule has 9 heteroatoms. The Morgan fingerprint density at radius 1 is 1.09 bits per heavy atom. The molecule has 0 radical (unpaired) electrons. The van der Waals surface area contributed by atoms with Gasteiger partial charge in [-0.15, -0.1) is 0 Å². The van der Waals surface area contributed by atoms with Crippen LogP contribution in [0.1, 0.15) is 11.1 Å². The average Bonchev–Trinajstić information content (AvgIpc) is 3.11. The van der Waals surface area contributed by atoms with Crippen molar-refractivity contribution in [3.05, 3.63) is 93.9 Å². The van der Waals surface area contributed by atoms with Gasteiger partial charge in [0.2, 0.25) is 0 Å². The summed E-state index contributed by atoms with van der Waals surface area (Å²) in [5, 5.41) is 3.25. The zero-order valence-corrected chi connectivity index (χ0v) is 21.1. The summed E-state index contributed by atoms with van der Waals surface area (Å²) < 4.78 is 11.6. The first-order valence-electron chi connectivity index (χ1n) is 10.6. The predicted octanol–water partition coefficient (Wildman–Crippen LogP) is 5.77. The number of benzene rings is 3. The maximum absolute atomic E-state index is 12.9. The van der Waals surface area contributed by atoms with Gasteiger partial charge in [0, 0.05) is 10.7 Å². The van der Waals surface area contributed by atoms with Crippen LogP contribution < -0.4 is 14.8 Å². The van der Waals surface area contributed by atoms with E-state index in [0.29, 0.717) is 38.0 Å². The molecule has 1 aliphatic heterocycles. The van der Waals surface area contributed by atoms with E-state index in [9.17, 15) is 9.59 Å². The molecule has 3 aromatic carbocycles. The minimum absolute atomic E-state index is 0.138. The zero-order chi connectivity index (χ0) is 24.8. The summed E-state index contributed by atoms with van der Waals surface area (Å²) in [5.74, 6) is 0.373. The van der Waals surface area contributed by atoms with Crippen LogP contribution in [0.3, 0.4) is 0 Å². The highest BCUT2D eigenvalue weighted by Crippen LogP contribution is 2.35. The van der Waals surface area contributed by atoms with Crippen LogP contribution in [0.2, 0.25) is 5.02 Å². The van der Waals surface area contributed by atoms with Crippen LogP contribution in [0.15, 0.2) is 77.7 Å². The van der Waals surface area contributed by atoms with Crippen molar-refractivity contribution >= 4 is 63.5 Å². The Morgan fingerprint density at radius 3 is 2.63 bits per heavy atom. The maximum Gasteiger partial charge on any atom is 0.266 e. The lowest BCUT2D eigenvalue weighted by Crippen LogP contribution is -2.27. The van der Waals surface area contributed by atoms with Crippen LogP contribution >= 0.6 is 35.6 Å². The molecule has 1 heterocycles. The third-order valence-corrected chi connectivity index (χ3v) is 6.62. The fraction of sp³-hybridized carbons (Fsp3) is 0.115. The van der Waals surface area contributed by atoms with Crippen molar-refractivity contribution in [1.29, 1.82) is 0 Å². The number of thioether (sulfide) groups is 1. The Balaban J connectivity index is 1.41. The second-order valence-corrected chi connectivity index (χ2v) is 9.62. The highest BCUT2D eigenvalue weighted by Gasteiger charge is 2.32. The molecule has 2 amide bonds. The Hall–Kier alpha value is -3.33. The van der Waals surface area contributed by atoms with E-state index in [1.807, 2.05) is 30.3 Å². The van der Waals surface area contributed by atoms with Gasteiger partial charge in [0.05, 0.1) is 18.6 Å². The van der Waals surface area contributed by atoms with Crippen LogP contribution in [0, 0.1) is 0 Å². The number of rotatable bonds is 8. The summed E-state index contributed by atoms with van der Waals surface area (Å²) in [4.78, 5) is 27.3. The predicted molar refractivity (Wildman–Crippen MR) is 144 cm³/mol. The standard InChI is InChI=1S/C26H21ClN2O4S2/c1-32-22-12-18(10-11-21(22)33-16-24(30)28-20-9-5-8-19(27)14-20)13-23-25(31)29(26(34)35-23)15-17-6-3-2-4-7-17/h2-14H,15-16H2,1H3,(H,28,30)/b23-13-. The van der Waals surface area contributed by atoms with Gasteiger partial charge >= 0.3 is 0 Å². The Morgan fingerprint density at radius 2 is 1.89 bits per heavy atom. The molecular weight excluding hydrogens is 504 g/mol. The average molecular weight is 525 g/mol. The third kappa shape index (κ3) is 6.42. The van der Waals surface area contributed by atoms with Crippen molar-refractivity contribution in [3.63, 3.8) is 0 Å². The van der Waals surface area contributed by atoms with E-state index in [-0.39, 0.29) is 18.4 Å². The summed E-state index contributed by atoms with van der Waals surface area (Å²) in [5.41, 5.74) is 2.34. The second-order valence-electron chi connectivity index (χ2n) is 7.51. The molecule has 3 aromatic rings. The number of hydrogen-bond donors (Lipinski definition) is 1. The van der Waals surface area contributed by atoms with Crippen molar-refractivity contribution in [2.45, 2.75) is 6.54 Å². The number of ether oxygens (including phenoxy) is 2. The van der Waals surface area contributed by atoms with Gasteiger partial charge in [0.1, 0.15) is 4.32 Å². The number of nitrogens with zero attached hydrogens (tertiary/aromatic N) is 1. The fourth-order valence-corrected chi connectivity index (χ4v) is 4.80. The highest BCUT2D eigenvalue weighted by molar-refractivity contribution is 8.26. The minimum Gasteiger partial charge on any atom is -0.493 e. The molecule has 35 heavy (non-hydrogen) atoms. The van der Waals surface area contributed by atoms with Crippen LogP contribution in [-0.4, -0.2) is 34.8 Å². The van der Waals surface area contributed by atoms with E-state index in [2.05, 4.69) is 5.32 Å². The van der Waals surface area contributed by atoms with E-state index in [0.717, 1.165) is 11.1 Å². The molecule has 1 fully saturated rings. The first kappa shape index (κ1) is 24.8. The van der Waals surface area contributed by atoms with Gasteiger partial charge in [-0.25, -0.2) is 0 Å². The van der Waals surface area contributed by atoms with Gasteiger partial charge < -0.3 is 14.8 Å². The Labute approximate surface area is 217 Å². The smallest absolute Gasteiger partial charge is 0.266 e. The van der Waals surface area contributed by atoms with Gasteiger partial charge in [0.25, 0.3) is 11.8 Å². The number of halogens is 1. The number of anilines is 1. The number of thiocarbonyl (C=S) groups is 1. The van der Waals surface area contributed by atoms with E-state index in [1.165, 1.54) is 18.9 Å². The quantitative estimate of drug-likeness (QED) is 0.298. The number of carbonyl (C=O) groups excluding carboxylic acids is 2.